The van der Waals surface area contributed by atoms with Gasteiger partial charge >= 0.3 is 0 Å². The second-order valence-corrected chi connectivity index (χ2v) is 10.1. The second kappa shape index (κ2) is 8.23. The van der Waals surface area contributed by atoms with Crippen LogP contribution in [0.4, 0.5) is 5.69 Å². The van der Waals surface area contributed by atoms with Crippen molar-refractivity contribution in [2.45, 2.75) is 56.7 Å². The molecule has 0 saturated carbocycles. The van der Waals surface area contributed by atoms with Gasteiger partial charge in [0.25, 0.3) is 0 Å². The molecule has 0 radical (unpaired) electrons. The van der Waals surface area contributed by atoms with Crippen molar-refractivity contribution in [2.24, 2.45) is 0 Å². The summed E-state index contributed by atoms with van der Waals surface area (Å²) in [5.41, 5.74) is 1.89. The molecule has 1 aliphatic heterocycles. The number of hydrogen-bond acceptors (Lipinski definition) is 4. The first-order chi connectivity index (χ1) is 13.1. The van der Waals surface area contributed by atoms with Crippen LogP contribution in [0.1, 0.15) is 32.8 Å². The Morgan fingerprint density at radius 3 is 2.32 bits per heavy atom. The van der Waals surface area contributed by atoms with Gasteiger partial charge in [-0.15, -0.1) is 0 Å². The highest BCUT2D eigenvalue weighted by Crippen LogP contribution is 2.28. The molecule has 2 atom stereocenters. The van der Waals surface area contributed by atoms with E-state index in [2.05, 4.69) is 21.8 Å². The molecule has 1 N–H and O–H groups in total. The summed E-state index contributed by atoms with van der Waals surface area (Å²) in [7, 11) is -3.55. The van der Waals surface area contributed by atoms with Gasteiger partial charge in [-0.3, -0.25) is 0 Å². The number of para-hydroxylation sites is 1. The van der Waals surface area contributed by atoms with Gasteiger partial charge in [0.05, 0.1) is 23.1 Å². The summed E-state index contributed by atoms with van der Waals surface area (Å²) in [6, 6.07) is 17.0. The van der Waals surface area contributed by atoms with E-state index in [0.717, 1.165) is 11.3 Å². The van der Waals surface area contributed by atoms with E-state index in [1.807, 2.05) is 58.0 Å². The lowest BCUT2D eigenvalue weighted by molar-refractivity contribution is -0.00955. The van der Waals surface area contributed by atoms with Crippen LogP contribution in [-0.2, 0) is 14.8 Å². The predicted octanol–water partition coefficient (Wildman–Crippen LogP) is 3.74. The van der Waals surface area contributed by atoms with Gasteiger partial charge in [0.2, 0.25) is 10.0 Å². The molecule has 1 heterocycles. The fourth-order valence-electron chi connectivity index (χ4n) is 3.45. The third kappa shape index (κ3) is 5.34. The molecule has 0 unspecified atom stereocenters. The van der Waals surface area contributed by atoms with Crippen LogP contribution in [0.3, 0.4) is 0 Å². The molecule has 1 fully saturated rings. The minimum atomic E-state index is -3.55. The number of sulfonamides is 1. The van der Waals surface area contributed by atoms with Gasteiger partial charge in [-0.05, 0) is 58.4 Å². The van der Waals surface area contributed by atoms with Crippen LogP contribution in [0.25, 0.3) is 0 Å². The monoisotopic (exact) mass is 402 g/mol. The maximum atomic E-state index is 12.8. The maximum absolute atomic E-state index is 12.8. The Hall–Kier alpha value is -1.89. The topological polar surface area (TPSA) is 58.6 Å². The number of ether oxygens (including phenoxy) is 1. The van der Waals surface area contributed by atoms with Gasteiger partial charge in [0.1, 0.15) is 0 Å². The van der Waals surface area contributed by atoms with Gasteiger partial charge in [-0.2, -0.15) is 0 Å². The first-order valence-electron chi connectivity index (χ1n) is 9.69. The SMILES string of the molecule is Cc1ccc(S(=O)(=O)N[C@H]2C[C@@H](COC(C)(C)C)N(c3ccccc3)C2)cc1. The molecule has 28 heavy (non-hydrogen) atoms. The van der Waals surface area contributed by atoms with Crippen molar-refractivity contribution < 1.29 is 13.2 Å². The third-order valence-electron chi connectivity index (χ3n) is 4.86. The second-order valence-electron chi connectivity index (χ2n) is 8.43. The third-order valence-corrected chi connectivity index (χ3v) is 6.40. The fourth-order valence-corrected chi connectivity index (χ4v) is 4.69. The molecule has 152 valence electrons. The minimum absolute atomic E-state index is 0.118. The van der Waals surface area contributed by atoms with Crippen LogP contribution in [0.5, 0.6) is 0 Å². The molecule has 5 nitrogen and oxygen atoms in total. The number of hydrogen-bond donors (Lipinski definition) is 1. The zero-order valence-electron chi connectivity index (χ0n) is 17.1. The molecular weight excluding hydrogens is 372 g/mol. The number of aryl methyl sites for hydroxylation is 1. The molecule has 6 heteroatoms. The van der Waals surface area contributed by atoms with E-state index >= 15 is 0 Å². The van der Waals surface area contributed by atoms with E-state index in [1.54, 1.807) is 12.1 Å². The van der Waals surface area contributed by atoms with Crippen LogP contribution < -0.4 is 9.62 Å². The van der Waals surface area contributed by atoms with Crippen molar-refractivity contribution in [2.75, 3.05) is 18.1 Å². The highest BCUT2D eigenvalue weighted by Gasteiger charge is 2.35. The van der Waals surface area contributed by atoms with E-state index in [0.29, 0.717) is 24.5 Å². The van der Waals surface area contributed by atoms with E-state index in [1.165, 1.54) is 0 Å². The van der Waals surface area contributed by atoms with Crippen LogP contribution in [-0.4, -0.2) is 39.3 Å². The smallest absolute Gasteiger partial charge is 0.240 e. The summed E-state index contributed by atoms with van der Waals surface area (Å²) in [5, 5.41) is 0. The first kappa shape index (κ1) is 20.8. The highest BCUT2D eigenvalue weighted by atomic mass is 32.2. The van der Waals surface area contributed by atoms with E-state index in [-0.39, 0.29) is 17.7 Å². The van der Waals surface area contributed by atoms with Gasteiger partial charge in [-0.1, -0.05) is 35.9 Å². The Labute approximate surface area is 168 Å². The fraction of sp³-hybridized carbons (Fsp3) is 0.455. The molecular formula is C22H30N2O3S. The number of nitrogens with one attached hydrogen (secondary N) is 1. The van der Waals surface area contributed by atoms with Crippen LogP contribution in [0.15, 0.2) is 59.5 Å². The summed E-state index contributed by atoms with van der Waals surface area (Å²) < 4.78 is 34.5. The van der Waals surface area contributed by atoms with Gasteiger partial charge in [0.15, 0.2) is 0 Å². The molecule has 0 spiro atoms. The zero-order valence-corrected chi connectivity index (χ0v) is 17.9. The molecule has 2 aromatic carbocycles. The van der Waals surface area contributed by atoms with Crippen molar-refractivity contribution in [3.63, 3.8) is 0 Å². The lowest BCUT2D eigenvalue weighted by atomic mass is 10.1. The average molecular weight is 403 g/mol. The van der Waals surface area contributed by atoms with Crippen molar-refractivity contribution in [3.8, 4) is 0 Å². The molecule has 0 aliphatic carbocycles. The molecule has 0 amide bonds. The van der Waals surface area contributed by atoms with Crippen LogP contribution >= 0.6 is 0 Å². The molecule has 0 aromatic heterocycles. The highest BCUT2D eigenvalue weighted by molar-refractivity contribution is 7.89. The maximum Gasteiger partial charge on any atom is 0.240 e. The summed E-state index contributed by atoms with van der Waals surface area (Å²) in [5.74, 6) is 0. The quantitative estimate of drug-likeness (QED) is 0.800. The molecule has 2 aromatic rings. The molecule has 0 bridgehead atoms. The van der Waals surface area contributed by atoms with Crippen LogP contribution in [0.2, 0.25) is 0 Å². The Balaban J connectivity index is 1.76. The molecule has 1 aliphatic rings. The lowest BCUT2D eigenvalue weighted by Gasteiger charge is -2.29. The Morgan fingerprint density at radius 1 is 1.07 bits per heavy atom. The van der Waals surface area contributed by atoms with Crippen molar-refractivity contribution in [1.82, 2.24) is 4.72 Å². The lowest BCUT2D eigenvalue weighted by Crippen LogP contribution is -2.37. The number of nitrogens with zero attached hydrogens (tertiary/aromatic N) is 1. The Bertz CT molecular complexity index is 874. The van der Waals surface area contributed by atoms with Crippen molar-refractivity contribution >= 4 is 15.7 Å². The Morgan fingerprint density at radius 2 is 1.71 bits per heavy atom. The largest absolute Gasteiger partial charge is 0.374 e. The number of rotatable bonds is 6. The first-order valence-corrected chi connectivity index (χ1v) is 11.2. The summed E-state index contributed by atoms with van der Waals surface area (Å²) >= 11 is 0. The standard InChI is InChI=1S/C22H30N2O3S/c1-17-10-12-21(13-11-17)28(25,26)23-18-14-20(16-27-22(2,3)4)24(15-18)19-8-6-5-7-9-19/h5-13,18,20,23H,14-16H2,1-4H3/t18-,20-/m0/s1. The minimum Gasteiger partial charge on any atom is -0.374 e. The van der Waals surface area contributed by atoms with Crippen LogP contribution in [0, 0.1) is 6.92 Å². The van der Waals surface area contributed by atoms with E-state index in [9.17, 15) is 8.42 Å². The summed E-state index contributed by atoms with van der Waals surface area (Å²) in [6.45, 7) is 9.22. The van der Waals surface area contributed by atoms with Gasteiger partial charge < -0.3 is 9.64 Å². The zero-order chi connectivity index (χ0) is 20.4. The van der Waals surface area contributed by atoms with Gasteiger partial charge in [0, 0.05) is 18.3 Å². The Kier molecular flexibility index (Phi) is 6.12. The molecule has 3 rings (SSSR count). The van der Waals surface area contributed by atoms with Crippen molar-refractivity contribution in [3.05, 3.63) is 60.2 Å². The number of benzene rings is 2. The van der Waals surface area contributed by atoms with E-state index < -0.39 is 10.0 Å². The number of anilines is 1. The predicted molar refractivity (Wildman–Crippen MR) is 113 cm³/mol. The van der Waals surface area contributed by atoms with Gasteiger partial charge in [-0.25, -0.2) is 13.1 Å². The summed E-state index contributed by atoms with van der Waals surface area (Å²) in [4.78, 5) is 2.55. The normalized spacial score (nSPS) is 20.5. The average Bonchev–Trinajstić information content (AvgIpc) is 3.02. The summed E-state index contributed by atoms with van der Waals surface area (Å²) in [6.07, 6.45) is 0.704. The van der Waals surface area contributed by atoms with E-state index in [4.69, 9.17) is 4.74 Å². The van der Waals surface area contributed by atoms with Crippen molar-refractivity contribution in [1.29, 1.82) is 0 Å². The molecule has 1 saturated heterocycles.